The molecule has 2 aromatic heterocycles. The van der Waals surface area contributed by atoms with Gasteiger partial charge in [0, 0.05) is 30.7 Å². The monoisotopic (exact) mass is 340 g/mol. The maximum absolute atomic E-state index is 13.5. The standard InChI is InChI=1S/C19H21FN4O/c1-4-23(5-2)16-9-7-15(8-10-16)22-19(25)18-13(3)21-17-11-6-14(20)12-24(17)18/h6-12H,4-5H2,1-3H3,(H,22,25). The minimum absolute atomic E-state index is 0.314. The average molecular weight is 340 g/mol. The van der Waals surface area contributed by atoms with Gasteiger partial charge < -0.3 is 10.2 Å². The number of aryl methyl sites for hydroxylation is 1. The molecule has 0 aliphatic carbocycles. The Morgan fingerprint density at radius 1 is 1.16 bits per heavy atom. The second-order valence-electron chi connectivity index (χ2n) is 5.79. The highest BCUT2D eigenvalue weighted by atomic mass is 19.1. The maximum atomic E-state index is 13.5. The lowest BCUT2D eigenvalue weighted by Gasteiger charge is -2.21. The fourth-order valence-corrected chi connectivity index (χ4v) is 2.94. The van der Waals surface area contributed by atoms with Gasteiger partial charge in [0.25, 0.3) is 5.91 Å². The molecule has 0 radical (unpaired) electrons. The molecule has 130 valence electrons. The van der Waals surface area contributed by atoms with Crippen molar-refractivity contribution >= 4 is 22.9 Å². The third-order valence-electron chi connectivity index (χ3n) is 4.23. The minimum Gasteiger partial charge on any atom is -0.372 e. The quantitative estimate of drug-likeness (QED) is 0.767. The van der Waals surface area contributed by atoms with Gasteiger partial charge in [-0.2, -0.15) is 0 Å². The number of rotatable bonds is 5. The first kappa shape index (κ1) is 17.0. The van der Waals surface area contributed by atoms with Crippen molar-refractivity contribution in [3.05, 3.63) is 59.8 Å². The molecule has 3 rings (SSSR count). The van der Waals surface area contributed by atoms with Gasteiger partial charge in [-0.15, -0.1) is 0 Å². The van der Waals surface area contributed by atoms with Gasteiger partial charge in [-0.25, -0.2) is 9.37 Å². The number of hydrogen-bond acceptors (Lipinski definition) is 3. The van der Waals surface area contributed by atoms with E-state index < -0.39 is 5.82 Å². The molecule has 0 saturated heterocycles. The number of nitrogens with one attached hydrogen (secondary N) is 1. The molecule has 0 spiro atoms. The van der Waals surface area contributed by atoms with Crippen LogP contribution in [0.3, 0.4) is 0 Å². The van der Waals surface area contributed by atoms with Gasteiger partial charge in [0.05, 0.1) is 5.69 Å². The second-order valence-corrected chi connectivity index (χ2v) is 5.79. The Morgan fingerprint density at radius 2 is 1.84 bits per heavy atom. The van der Waals surface area contributed by atoms with Crippen LogP contribution in [0.5, 0.6) is 0 Å². The number of halogens is 1. The van der Waals surface area contributed by atoms with Crippen LogP contribution in [-0.2, 0) is 0 Å². The predicted molar refractivity (Wildman–Crippen MR) is 97.8 cm³/mol. The number of imidazole rings is 1. The average Bonchev–Trinajstić information content (AvgIpc) is 2.92. The van der Waals surface area contributed by atoms with E-state index in [1.54, 1.807) is 13.0 Å². The highest BCUT2D eigenvalue weighted by Gasteiger charge is 2.17. The van der Waals surface area contributed by atoms with E-state index in [0.717, 1.165) is 18.8 Å². The Balaban J connectivity index is 1.85. The number of fused-ring (bicyclic) bond motifs is 1. The summed E-state index contributed by atoms with van der Waals surface area (Å²) in [4.78, 5) is 19.2. The van der Waals surface area contributed by atoms with Crippen molar-refractivity contribution in [2.45, 2.75) is 20.8 Å². The van der Waals surface area contributed by atoms with E-state index in [9.17, 15) is 9.18 Å². The van der Waals surface area contributed by atoms with Crippen molar-refractivity contribution < 1.29 is 9.18 Å². The SMILES string of the molecule is CCN(CC)c1ccc(NC(=O)c2c(C)nc3ccc(F)cn23)cc1. The lowest BCUT2D eigenvalue weighted by Crippen LogP contribution is -2.21. The molecular weight excluding hydrogens is 319 g/mol. The smallest absolute Gasteiger partial charge is 0.274 e. The summed E-state index contributed by atoms with van der Waals surface area (Å²) in [7, 11) is 0. The van der Waals surface area contributed by atoms with E-state index in [4.69, 9.17) is 0 Å². The summed E-state index contributed by atoms with van der Waals surface area (Å²) in [5.74, 6) is -0.728. The number of pyridine rings is 1. The number of carbonyl (C=O) groups excluding carboxylic acids is 1. The van der Waals surface area contributed by atoms with Crippen LogP contribution in [0.15, 0.2) is 42.6 Å². The summed E-state index contributed by atoms with van der Waals surface area (Å²) in [5.41, 5.74) is 3.23. The van der Waals surface area contributed by atoms with Crippen molar-refractivity contribution in [1.29, 1.82) is 0 Å². The summed E-state index contributed by atoms with van der Waals surface area (Å²) >= 11 is 0. The van der Waals surface area contributed by atoms with Crippen molar-refractivity contribution in [2.75, 3.05) is 23.3 Å². The molecule has 6 heteroatoms. The zero-order valence-electron chi connectivity index (χ0n) is 14.6. The van der Waals surface area contributed by atoms with Crippen LogP contribution < -0.4 is 10.2 Å². The van der Waals surface area contributed by atoms with Gasteiger partial charge in [-0.3, -0.25) is 9.20 Å². The van der Waals surface area contributed by atoms with Crippen LogP contribution in [0.2, 0.25) is 0 Å². The van der Waals surface area contributed by atoms with Crippen molar-refractivity contribution in [3.63, 3.8) is 0 Å². The minimum atomic E-state index is -0.414. The molecule has 3 aromatic rings. The highest BCUT2D eigenvalue weighted by Crippen LogP contribution is 2.19. The fourth-order valence-electron chi connectivity index (χ4n) is 2.94. The number of anilines is 2. The molecule has 1 aromatic carbocycles. The molecule has 0 saturated carbocycles. The maximum Gasteiger partial charge on any atom is 0.274 e. The van der Waals surface area contributed by atoms with Crippen LogP contribution in [0.25, 0.3) is 5.65 Å². The van der Waals surface area contributed by atoms with E-state index in [2.05, 4.69) is 29.0 Å². The molecule has 0 atom stereocenters. The number of nitrogens with zero attached hydrogens (tertiary/aromatic N) is 3. The van der Waals surface area contributed by atoms with Crippen molar-refractivity contribution in [3.8, 4) is 0 Å². The molecule has 0 aliphatic rings. The Bertz CT molecular complexity index is 898. The molecular formula is C19H21FN4O. The normalized spacial score (nSPS) is 10.9. The van der Waals surface area contributed by atoms with Crippen LogP contribution in [0.1, 0.15) is 30.0 Å². The first-order valence-electron chi connectivity index (χ1n) is 8.34. The molecule has 1 N–H and O–H groups in total. The molecule has 5 nitrogen and oxygen atoms in total. The van der Waals surface area contributed by atoms with E-state index in [1.165, 1.54) is 16.7 Å². The van der Waals surface area contributed by atoms with Crippen LogP contribution in [-0.4, -0.2) is 28.4 Å². The Morgan fingerprint density at radius 3 is 2.48 bits per heavy atom. The topological polar surface area (TPSA) is 49.6 Å². The Kier molecular flexibility index (Phi) is 4.70. The van der Waals surface area contributed by atoms with Gasteiger partial charge in [-0.1, -0.05) is 0 Å². The summed E-state index contributed by atoms with van der Waals surface area (Å²) in [5, 5.41) is 2.86. The largest absolute Gasteiger partial charge is 0.372 e. The summed E-state index contributed by atoms with van der Waals surface area (Å²) < 4.78 is 15.0. The zero-order chi connectivity index (χ0) is 18.0. The highest BCUT2D eigenvalue weighted by molar-refractivity contribution is 6.04. The molecule has 0 bridgehead atoms. The third kappa shape index (κ3) is 3.33. The second kappa shape index (κ2) is 6.93. The Hall–Kier alpha value is -2.89. The molecule has 0 aliphatic heterocycles. The predicted octanol–water partition coefficient (Wildman–Crippen LogP) is 3.88. The first-order chi connectivity index (χ1) is 12.0. The van der Waals surface area contributed by atoms with Crippen LogP contribution in [0.4, 0.5) is 15.8 Å². The summed E-state index contributed by atoms with van der Waals surface area (Å²) in [6.45, 7) is 7.80. The van der Waals surface area contributed by atoms with Crippen molar-refractivity contribution in [2.24, 2.45) is 0 Å². The van der Waals surface area contributed by atoms with E-state index in [0.29, 0.717) is 22.7 Å². The summed E-state index contributed by atoms with van der Waals surface area (Å²) in [6, 6.07) is 10.6. The molecule has 25 heavy (non-hydrogen) atoms. The van der Waals surface area contributed by atoms with E-state index in [-0.39, 0.29) is 5.91 Å². The van der Waals surface area contributed by atoms with Crippen molar-refractivity contribution in [1.82, 2.24) is 9.38 Å². The van der Waals surface area contributed by atoms with E-state index in [1.807, 2.05) is 24.3 Å². The van der Waals surface area contributed by atoms with E-state index >= 15 is 0 Å². The van der Waals surface area contributed by atoms with Gasteiger partial charge in [0.2, 0.25) is 0 Å². The lowest BCUT2D eigenvalue weighted by molar-refractivity contribution is 0.102. The first-order valence-corrected chi connectivity index (χ1v) is 8.34. The number of carbonyl (C=O) groups is 1. The molecule has 1 amide bonds. The lowest BCUT2D eigenvalue weighted by atomic mass is 10.2. The molecule has 2 heterocycles. The zero-order valence-corrected chi connectivity index (χ0v) is 14.6. The Labute approximate surface area is 146 Å². The van der Waals surface area contributed by atoms with Crippen LogP contribution in [0, 0.1) is 12.7 Å². The van der Waals surface area contributed by atoms with Gasteiger partial charge in [0.1, 0.15) is 17.2 Å². The number of benzene rings is 1. The van der Waals surface area contributed by atoms with Gasteiger partial charge in [-0.05, 0) is 57.2 Å². The third-order valence-corrected chi connectivity index (χ3v) is 4.23. The molecule has 0 unspecified atom stereocenters. The van der Waals surface area contributed by atoms with Gasteiger partial charge >= 0.3 is 0 Å². The number of aromatic nitrogens is 2. The van der Waals surface area contributed by atoms with Gasteiger partial charge in [0.15, 0.2) is 0 Å². The van der Waals surface area contributed by atoms with Crippen LogP contribution >= 0.6 is 0 Å². The fraction of sp³-hybridized carbons (Fsp3) is 0.263. The summed E-state index contributed by atoms with van der Waals surface area (Å²) in [6.07, 6.45) is 1.27. The number of amides is 1. The number of hydrogen-bond donors (Lipinski definition) is 1. The molecule has 0 fully saturated rings.